The fourth-order valence-electron chi connectivity index (χ4n) is 3.75. The Bertz CT molecular complexity index is 894. The van der Waals surface area contributed by atoms with Crippen molar-refractivity contribution in [2.75, 3.05) is 26.2 Å². The molecule has 1 heterocycles. The third-order valence-corrected chi connectivity index (χ3v) is 5.60. The molecule has 1 aliphatic heterocycles. The van der Waals surface area contributed by atoms with Crippen LogP contribution in [0.25, 0.3) is 0 Å². The summed E-state index contributed by atoms with van der Waals surface area (Å²) in [5.41, 5.74) is 3.75. The number of ether oxygens (including phenoxy) is 1. The lowest BCUT2D eigenvalue weighted by Crippen LogP contribution is -2.45. The van der Waals surface area contributed by atoms with Gasteiger partial charge in [0.2, 0.25) is 0 Å². The van der Waals surface area contributed by atoms with E-state index in [1.54, 1.807) is 0 Å². The van der Waals surface area contributed by atoms with Crippen LogP contribution in [0.5, 0.6) is 5.75 Å². The highest BCUT2D eigenvalue weighted by molar-refractivity contribution is 9.10. The number of halogens is 1. The maximum atomic E-state index is 6.09. The molecular formula is C24H25BrN2O. The summed E-state index contributed by atoms with van der Waals surface area (Å²) in [4.78, 5) is 2.55. The zero-order valence-corrected chi connectivity index (χ0v) is 17.4. The number of nitrogens with zero attached hydrogens (tertiary/aromatic N) is 1. The van der Waals surface area contributed by atoms with Crippen LogP contribution in [-0.2, 0) is 6.61 Å². The summed E-state index contributed by atoms with van der Waals surface area (Å²) in [6.07, 6.45) is 0. The van der Waals surface area contributed by atoms with E-state index in [-0.39, 0.29) is 6.04 Å². The molecule has 144 valence electrons. The SMILES string of the molecule is Brc1cccc(C(c2cccc(OCc3ccccc3)c2)N2CCNCC2)c1. The molecule has 1 unspecified atom stereocenters. The summed E-state index contributed by atoms with van der Waals surface area (Å²) in [5, 5.41) is 3.46. The Balaban J connectivity index is 1.60. The van der Waals surface area contributed by atoms with Gasteiger partial charge in [0.15, 0.2) is 0 Å². The van der Waals surface area contributed by atoms with Crippen LogP contribution in [0.3, 0.4) is 0 Å². The second kappa shape index (κ2) is 9.37. The number of benzene rings is 3. The first-order valence-corrected chi connectivity index (χ1v) is 10.6. The largest absolute Gasteiger partial charge is 0.489 e. The summed E-state index contributed by atoms with van der Waals surface area (Å²) >= 11 is 3.64. The molecule has 0 radical (unpaired) electrons. The number of hydrogen-bond donors (Lipinski definition) is 1. The minimum atomic E-state index is 0.222. The van der Waals surface area contributed by atoms with Gasteiger partial charge in [-0.1, -0.05) is 70.5 Å². The fourth-order valence-corrected chi connectivity index (χ4v) is 4.16. The molecule has 3 aromatic rings. The first kappa shape index (κ1) is 19.2. The molecule has 0 amide bonds. The zero-order valence-electron chi connectivity index (χ0n) is 15.9. The van der Waals surface area contributed by atoms with Gasteiger partial charge in [-0.25, -0.2) is 0 Å². The van der Waals surface area contributed by atoms with Crippen molar-refractivity contribution in [3.05, 3.63) is 100 Å². The van der Waals surface area contributed by atoms with Gasteiger partial charge < -0.3 is 10.1 Å². The van der Waals surface area contributed by atoms with Crippen LogP contribution in [0.2, 0.25) is 0 Å². The first-order chi connectivity index (χ1) is 13.8. The van der Waals surface area contributed by atoms with E-state index in [0.717, 1.165) is 36.4 Å². The molecule has 4 rings (SSSR count). The van der Waals surface area contributed by atoms with Gasteiger partial charge in [0, 0.05) is 30.7 Å². The Labute approximate surface area is 175 Å². The molecule has 4 heteroatoms. The van der Waals surface area contributed by atoms with E-state index in [0.29, 0.717) is 6.61 Å². The second-order valence-electron chi connectivity index (χ2n) is 7.09. The standard InChI is InChI=1S/C24H25BrN2O/c25-22-10-4-8-20(16-22)24(27-14-12-26-13-15-27)21-9-5-11-23(17-21)28-18-19-6-2-1-3-7-19/h1-11,16-17,24,26H,12-15,18H2. The van der Waals surface area contributed by atoms with Crippen LogP contribution in [0, 0.1) is 0 Å². The lowest BCUT2D eigenvalue weighted by molar-refractivity contribution is 0.198. The lowest BCUT2D eigenvalue weighted by atomic mass is 9.96. The Kier molecular flexibility index (Phi) is 6.42. The highest BCUT2D eigenvalue weighted by atomic mass is 79.9. The van der Waals surface area contributed by atoms with Crippen LogP contribution in [0.4, 0.5) is 0 Å². The predicted molar refractivity (Wildman–Crippen MR) is 118 cm³/mol. The molecule has 1 atom stereocenters. The van der Waals surface area contributed by atoms with Gasteiger partial charge >= 0.3 is 0 Å². The molecule has 1 N–H and O–H groups in total. The van der Waals surface area contributed by atoms with Gasteiger partial charge in [-0.3, -0.25) is 4.90 Å². The Morgan fingerprint density at radius 3 is 2.32 bits per heavy atom. The minimum Gasteiger partial charge on any atom is -0.489 e. The summed E-state index contributed by atoms with van der Waals surface area (Å²) < 4.78 is 7.20. The average molecular weight is 437 g/mol. The van der Waals surface area contributed by atoms with Crippen molar-refractivity contribution in [1.82, 2.24) is 10.2 Å². The molecule has 3 aromatic carbocycles. The van der Waals surface area contributed by atoms with Crippen LogP contribution in [0.15, 0.2) is 83.3 Å². The summed E-state index contributed by atoms with van der Waals surface area (Å²) in [6, 6.07) is 27.7. The lowest BCUT2D eigenvalue weighted by Gasteiger charge is -2.35. The van der Waals surface area contributed by atoms with Crippen molar-refractivity contribution in [2.45, 2.75) is 12.6 Å². The maximum Gasteiger partial charge on any atom is 0.120 e. The molecule has 1 saturated heterocycles. The molecule has 0 spiro atoms. The molecule has 28 heavy (non-hydrogen) atoms. The van der Waals surface area contributed by atoms with Gasteiger partial charge in [-0.2, -0.15) is 0 Å². The smallest absolute Gasteiger partial charge is 0.120 e. The van der Waals surface area contributed by atoms with Crippen LogP contribution < -0.4 is 10.1 Å². The van der Waals surface area contributed by atoms with Crippen molar-refractivity contribution in [2.24, 2.45) is 0 Å². The molecule has 1 fully saturated rings. The minimum absolute atomic E-state index is 0.222. The predicted octanol–water partition coefficient (Wildman–Crippen LogP) is 5.02. The number of nitrogens with one attached hydrogen (secondary N) is 1. The number of rotatable bonds is 6. The van der Waals surface area contributed by atoms with E-state index in [1.807, 2.05) is 24.3 Å². The molecular weight excluding hydrogens is 412 g/mol. The number of piperazine rings is 1. The molecule has 0 aromatic heterocycles. The summed E-state index contributed by atoms with van der Waals surface area (Å²) in [5.74, 6) is 0.913. The van der Waals surface area contributed by atoms with Crippen LogP contribution >= 0.6 is 15.9 Å². The second-order valence-corrected chi connectivity index (χ2v) is 8.01. The molecule has 3 nitrogen and oxygen atoms in total. The van der Waals surface area contributed by atoms with E-state index in [4.69, 9.17) is 4.74 Å². The monoisotopic (exact) mass is 436 g/mol. The van der Waals surface area contributed by atoms with Gasteiger partial charge in [-0.05, 0) is 41.0 Å². The molecule has 0 saturated carbocycles. The van der Waals surface area contributed by atoms with Crippen molar-refractivity contribution in [3.63, 3.8) is 0 Å². The first-order valence-electron chi connectivity index (χ1n) is 9.76. The third-order valence-electron chi connectivity index (χ3n) is 5.10. The van der Waals surface area contributed by atoms with Crippen molar-refractivity contribution in [1.29, 1.82) is 0 Å². The van der Waals surface area contributed by atoms with E-state index in [2.05, 4.69) is 80.7 Å². The Hall–Kier alpha value is -2.14. The molecule has 0 aliphatic carbocycles. The average Bonchev–Trinajstić information content (AvgIpc) is 2.74. The number of hydrogen-bond acceptors (Lipinski definition) is 3. The Morgan fingerprint density at radius 2 is 1.57 bits per heavy atom. The molecule has 0 bridgehead atoms. The fraction of sp³-hybridized carbons (Fsp3) is 0.250. The van der Waals surface area contributed by atoms with Crippen molar-refractivity contribution < 1.29 is 4.74 Å². The molecule has 1 aliphatic rings. The van der Waals surface area contributed by atoms with Gasteiger partial charge in [0.25, 0.3) is 0 Å². The maximum absolute atomic E-state index is 6.09. The van der Waals surface area contributed by atoms with Gasteiger partial charge in [-0.15, -0.1) is 0 Å². The normalized spacial score (nSPS) is 15.9. The van der Waals surface area contributed by atoms with E-state index < -0.39 is 0 Å². The Morgan fingerprint density at radius 1 is 0.857 bits per heavy atom. The highest BCUT2D eigenvalue weighted by Gasteiger charge is 2.24. The quantitative estimate of drug-likeness (QED) is 0.586. The third kappa shape index (κ3) is 4.82. The van der Waals surface area contributed by atoms with E-state index in [9.17, 15) is 0 Å². The van der Waals surface area contributed by atoms with Gasteiger partial charge in [0.05, 0.1) is 6.04 Å². The zero-order chi connectivity index (χ0) is 19.2. The van der Waals surface area contributed by atoms with E-state index >= 15 is 0 Å². The van der Waals surface area contributed by atoms with Gasteiger partial charge in [0.1, 0.15) is 12.4 Å². The van der Waals surface area contributed by atoms with Crippen LogP contribution in [0.1, 0.15) is 22.7 Å². The topological polar surface area (TPSA) is 24.5 Å². The van der Waals surface area contributed by atoms with Crippen LogP contribution in [-0.4, -0.2) is 31.1 Å². The summed E-state index contributed by atoms with van der Waals surface area (Å²) in [7, 11) is 0. The highest BCUT2D eigenvalue weighted by Crippen LogP contribution is 2.32. The van der Waals surface area contributed by atoms with Crippen molar-refractivity contribution >= 4 is 15.9 Å². The summed E-state index contributed by atoms with van der Waals surface area (Å²) in [6.45, 7) is 4.70. The van der Waals surface area contributed by atoms with Crippen molar-refractivity contribution in [3.8, 4) is 5.75 Å². The van der Waals surface area contributed by atoms with E-state index in [1.165, 1.54) is 16.7 Å².